The molecule has 0 saturated heterocycles. The van der Waals surface area contributed by atoms with Crippen LogP contribution in [0.3, 0.4) is 0 Å². The Bertz CT molecular complexity index is 1150. The van der Waals surface area contributed by atoms with Crippen molar-refractivity contribution in [1.82, 2.24) is 14.7 Å². The summed E-state index contributed by atoms with van der Waals surface area (Å²) in [7, 11) is 0. The van der Waals surface area contributed by atoms with Gasteiger partial charge < -0.3 is 5.32 Å². The highest BCUT2D eigenvalue weighted by Gasteiger charge is 2.30. The SMILES string of the molecule is O=C(NCc1ccccc1Cl)c1cn2cc(-c3ccc(C(F)(F)F)cc3)sc2n1. The monoisotopic (exact) mass is 435 g/mol. The number of hydrogen-bond acceptors (Lipinski definition) is 3. The number of aromatic nitrogens is 2. The summed E-state index contributed by atoms with van der Waals surface area (Å²) in [5.74, 6) is -0.336. The van der Waals surface area contributed by atoms with Gasteiger partial charge in [-0.1, -0.05) is 53.3 Å². The molecule has 0 aliphatic carbocycles. The maximum Gasteiger partial charge on any atom is 0.416 e. The van der Waals surface area contributed by atoms with Crippen molar-refractivity contribution < 1.29 is 18.0 Å². The van der Waals surface area contributed by atoms with E-state index in [4.69, 9.17) is 11.6 Å². The zero-order chi connectivity index (χ0) is 20.6. The maximum atomic E-state index is 12.7. The highest BCUT2D eigenvalue weighted by atomic mass is 35.5. The summed E-state index contributed by atoms with van der Waals surface area (Å²) in [6, 6.07) is 12.2. The van der Waals surface area contributed by atoms with Crippen molar-refractivity contribution in [2.45, 2.75) is 12.7 Å². The standard InChI is InChI=1S/C20H13ClF3N3OS/c21-15-4-2-1-3-13(15)9-25-18(28)16-10-27-11-17(29-19(27)26-16)12-5-7-14(8-6-12)20(22,23)24/h1-8,10-11H,9H2,(H,25,28). The van der Waals surface area contributed by atoms with Gasteiger partial charge in [-0.2, -0.15) is 13.2 Å². The third-order valence-corrected chi connectivity index (χ3v) is 5.70. The van der Waals surface area contributed by atoms with Crippen LogP contribution in [0.2, 0.25) is 5.02 Å². The number of imidazole rings is 1. The van der Waals surface area contributed by atoms with Crippen LogP contribution < -0.4 is 5.32 Å². The van der Waals surface area contributed by atoms with E-state index in [0.29, 0.717) is 15.5 Å². The molecule has 2 aromatic carbocycles. The van der Waals surface area contributed by atoms with Gasteiger partial charge in [-0.15, -0.1) is 0 Å². The summed E-state index contributed by atoms with van der Waals surface area (Å²) in [6.45, 7) is 0.278. The van der Waals surface area contributed by atoms with Gasteiger partial charge in [0.25, 0.3) is 5.91 Å². The molecular weight excluding hydrogens is 423 g/mol. The molecule has 148 valence electrons. The van der Waals surface area contributed by atoms with E-state index in [1.54, 1.807) is 22.9 Å². The van der Waals surface area contributed by atoms with Crippen LogP contribution in [0.1, 0.15) is 21.6 Å². The van der Waals surface area contributed by atoms with Crippen molar-refractivity contribution in [3.8, 4) is 10.4 Å². The average molecular weight is 436 g/mol. The molecule has 0 spiro atoms. The molecule has 2 aromatic heterocycles. The lowest BCUT2D eigenvalue weighted by atomic mass is 10.1. The van der Waals surface area contributed by atoms with Crippen LogP contribution in [-0.4, -0.2) is 15.3 Å². The summed E-state index contributed by atoms with van der Waals surface area (Å²) >= 11 is 7.37. The van der Waals surface area contributed by atoms with Gasteiger partial charge in [0.2, 0.25) is 0 Å². The van der Waals surface area contributed by atoms with Crippen LogP contribution in [0.4, 0.5) is 13.2 Å². The zero-order valence-electron chi connectivity index (χ0n) is 14.7. The van der Waals surface area contributed by atoms with Crippen LogP contribution in [0, 0.1) is 0 Å². The van der Waals surface area contributed by atoms with Crippen LogP contribution in [0.25, 0.3) is 15.4 Å². The van der Waals surface area contributed by atoms with Crippen LogP contribution in [0.5, 0.6) is 0 Å². The van der Waals surface area contributed by atoms with E-state index < -0.39 is 11.7 Å². The van der Waals surface area contributed by atoms with Gasteiger partial charge in [-0.05, 0) is 29.3 Å². The molecule has 0 aliphatic rings. The largest absolute Gasteiger partial charge is 0.416 e. The number of carbonyl (C=O) groups is 1. The predicted octanol–water partition coefficient (Wildman–Crippen LogP) is 5.67. The summed E-state index contributed by atoms with van der Waals surface area (Å²) in [5, 5.41) is 3.34. The first kappa shape index (κ1) is 19.5. The first-order valence-electron chi connectivity index (χ1n) is 8.49. The fraction of sp³-hybridized carbons (Fsp3) is 0.100. The zero-order valence-corrected chi connectivity index (χ0v) is 16.3. The van der Waals surface area contributed by atoms with E-state index in [9.17, 15) is 18.0 Å². The lowest BCUT2D eigenvalue weighted by Gasteiger charge is -2.06. The molecular formula is C20H13ClF3N3OS. The van der Waals surface area contributed by atoms with E-state index >= 15 is 0 Å². The fourth-order valence-corrected chi connectivity index (χ4v) is 3.94. The maximum absolute atomic E-state index is 12.7. The Labute approximate surface area is 172 Å². The van der Waals surface area contributed by atoms with E-state index in [2.05, 4.69) is 10.3 Å². The highest BCUT2D eigenvalue weighted by molar-refractivity contribution is 7.20. The van der Waals surface area contributed by atoms with E-state index in [1.165, 1.54) is 23.5 Å². The minimum atomic E-state index is -4.37. The molecule has 0 aliphatic heterocycles. The van der Waals surface area contributed by atoms with Crippen molar-refractivity contribution in [2.75, 3.05) is 0 Å². The molecule has 1 amide bonds. The Morgan fingerprint density at radius 2 is 1.83 bits per heavy atom. The number of halogens is 4. The number of nitrogens with one attached hydrogen (secondary N) is 1. The second-order valence-corrected chi connectivity index (χ2v) is 7.68. The lowest BCUT2D eigenvalue weighted by Crippen LogP contribution is -2.23. The van der Waals surface area contributed by atoms with Crippen molar-refractivity contribution in [3.05, 3.63) is 82.8 Å². The van der Waals surface area contributed by atoms with Crippen molar-refractivity contribution >= 4 is 33.8 Å². The van der Waals surface area contributed by atoms with Gasteiger partial charge in [0, 0.05) is 24.0 Å². The second-order valence-electron chi connectivity index (χ2n) is 6.26. The normalized spacial score (nSPS) is 11.7. The number of carbonyl (C=O) groups excluding carboxylic acids is 1. The molecule has 9 heteroatoms. The number of benzene rings is 2. The van der Waals surface area contributed by atoms with Crippen LogP contribution in [-0.2, 0) is 12.7 Å². The van der Waals surface area contributed by atoms with Gasteiger partial charge in [0.1, 0.15) is 5.69 Å². The molecule has 0 bridgehead atoms. The Morgan fingerprint density at radius 3 is 2.48 bits per heavy atom. The Hall–Kier alpha value is -2.84. The predicted molar refractivity (Wildman–Crippen MR) is 106 cm³/mol. The third-order valence-electron chi connectivity index (χ3n) is 4.28. The van der Waals surface area contributed by atoms with Crippen LogP contribution in [0.15, 0.2) is 60.9 Å². The summed E-state index contributed by atoms with van der Waals surface area (Å²) in [4.78, 5) is 18.0. The molecule has 1 N–H and O–H groups in total. The Kier molecular flexibility index (Phi) is 5.06. The number of nitrogens with zero attached hydrogens (tertiary/aromatic N) is 2. The quantitative estimate of drug-likeness (QED) is 0.449. The molecule has 0 unspecified atom stereocenters. The minimum absolute atomic E-state index is 0.252. The number of hydrogen-bond donors (Lipinski definition) is 1. The number of fused-ring (bicyclic) bond motifs is 1. The molecule has 0 atom stereocenters. The van der Waals surface area contributed by atoms with Crippen molar-refractivity contribution in [1.29, 1.82) is 0 Å². The van der Waals surface area contributed by atoms with Crippen LogP contribution >= 0.6 is 22.9 Å². The van der Waals surface area contributed by atoms with E-state index in [-0.39, 0.29) is 18.1 Å². The molecule has 0 radical (unpaired) electrons. The van der Waals surface area contributed by atoms with Gasteiger partial charge in [-0.25, -0.2) is 4.98 Å². The first-order chi connectivity index (χ1) is 13.8. The van der Waals surface area contributed by atoms with E-state index in [1.807, 2.05) is 18.2 Å². The lowest BCUT2D eigenvalue weighted by molar-refractivity contribution is -0.137. The van der Waals surface area contributed by atoms with Gasteiger partial charge in [-0.3, -0.25) is 9.20 Å². The van der Waals surface area contributed by atoms with Crippen molar-refractivity contribution in [2.24, 2.45) is 0 Å². The Morgan fingerprint density at radius 1 is 1.10 bits per heavy atom. The minimum Gasteiger partial charge on any atom is -0.347 e. The molecule has 2 heterocycles. The second kappa shape index (κ2) is 7.53. The topological polar surface area (TPSA) is 46.4 Å². The van der Waals surface area contributed by atoms with Crippen molar-refractivity contribution in [3.63, 3.8) is 0 Å². The summed E-state index contributed by atoms with van der Waals surface area (Å²) < 4.78 is 39.8. The fourth-order valence-electron chi connectivity index (χ4n) is 2.77. The molecule has 29 heavy (non-hydrogen) atoms. The molecule has 4 nitrogen and oxygen atoms in total. The number of amides is 1. The van der Waals surface area contributed by atoms with Gasteiger partial charge in [0.15, 0.2) is 4.96 Å². The first-order valence-corrected chi connectivity index (χ1v) is 9.68. The average Bonchev–Trinajstić information content (AvgIpc) is 3.26. The molecule has 4 aromatic rings. The molecule has 0 saturated carbocycles. The van der Waals surface area contributed by atoms with E-state index in [0.717, 1.165) is 22.6 Å². The summed E-state index contributed by atoms with van der Waals surface area (Å²) in [5.41, 5.74) is 1.01. The highest BCUT2D eigenvalue weighted by Crippen LogP contribution is 2.33. The number of rotatable bonds is 4. The third kappa shape index (κ3) is 4.13. The van der Waals surface area contributed by atoms with Gasteiger partial charge in [0.05, 0.1) is 10.4 Å². The number of alkyl halides is 3. The molecule has 4 rings (SSSR count). The molecule has 0 fully saturated rings. The Balaban J connectivity index is 1.49. The number of thiazole rings is 1. The van der Waals surface area contributed by atoms with Gasteiger partial charge >= 0.3 is 6.18 Å². The smallest absolute Gasteiger partial charge is 0.347 e. The summed E-state index contributed by atoms with van der Waals surface area (Å²) in [6.07, 6.45) is -1.05.